The summed E-state index contributed by atoms with van der Waals surface area (Å²) in [7, 11) is 2.06. The fraction of sp³-hybridized carbons (Fsp3) is 0.294. The molecule has 21 heavy (non-hydrogen) atoms. The molecule has 2 aromatic carbocycles. The van der Waals surface area contributed by atoms with Crippen molar-refractivity contribution < 1.29 is 0 Å². The van der Waals surface area contributed by atoms with Crippen LogP contribution in [-0.4, -0.2) is 18.5 Å². The minimum absolute atomic E-state index is 0.0378. The van der Waals surface area contributed by atoms with Crippen LogP contribution >= 0.6 is 23.2 Å². The van der Waals surface area contributed by atoms with E-state index in [1.807, 2.05) is 18.2 Å². The predicted molar refractivity (Wildman–Crippen MR) is 90.9 cm³/mol. The van der Waals surface area contributed by atoms with Crippen LogP contribution < -0.4 is 5.73 Å². The molecular formula is C17H20Cl2N2. The summed E-state index contributed by atoms with van der Waals surface area (Å²) in [4.78, 5) is 2.21. The number of hydrogen-bond acceptors (Lipinski definition) is 2. The van der Waals surface area contributed by atoms with Gasteiger partial charge in [0, 0.05) is 29.2 Å². The van der Waals surface area contributed by atoms with E-state index in [0.717, 1.165) is 12.1 Å². The minimum atomic E-state index is 0.0378. The number of halogens is 2. The van der Waals surface area contributed by atoms with Crippen LogP contribution in [0.2, 0.25) is 10.0 Å². The number of nitrogens with two attached hydrogens (primary N) is 1. The maximum Gasteiger partial charge on any atom is 0.0486 e. The lowest BCUT2D eigenvalue weighted by Gasteiger charge is -2.28. The van der Waals surface area contributed by atoms with Gasteiger partial charge in [0.05, 0.1) is 0 Å². The maximum absolute atomic E-state index is 6.31. The van der Waals surface area contributed by atoms with Gasteiger partial charge in [0.1, 0.15) is 0 Å². The van der Waals surface area contributed by atoms with Gasteiger partial charge in [-0.05, 0) is 48.9 Å². The van der Waals surface area contributed by atoms with Crippen molar-refractivity contribution in [1.29, 1.82) is 0 Å². The molecule has 1 unspecified atom stereocenters. The zero-order valence-electron chi connectivity index (χ0n) is 12.3. The summed E-state index contributed by atoms with van der Waals surface area (Å²) in [6, 6.07) is 13.9. The van der Waals surface area contributed by atoms with Crippen molar-refractivity contribution in [2.75, 3.05) is 13.6 Å². The van der Waals surface area contributed by atoms with E-state index in [0.29, 0.717) is 16.6 Å². The van der Waals surface area contributed by atoms with E-state index in [1.165, 1.54) is 11.1 Å². The molecule has 2 nitrogen and oxygen atoms in total. The summed E-state index contributed by atoms with van der Waals surface area (Å²) in [5, 5.41) is 1.38. The van der Waals surface area contributed by atoms with E-state index in [4.69, 9.17) is 28.9 Å². The van der Waals surface area contributed by atoms with E-state index in [9.17, 15) is 0 Å². The average Bonchev–Trinajstić information content (AvgIpc) is 2.46. The van der Waals surface area contributed by atoms with Crippen molar-refractivity contribution in [2.45, 2.75) is 19.5 Å². The first kappa shape index (κ1) is 16.3. The van der Waals surface area contributed by atoms with Crippen molar-refractivity contribution >= 4 is 23.2 Å². The first-order valence-electron chi connectivity index (χ1n) is 6.92. The Morgan fingerprint density at radius 3 is 2.52 bits per heavy atom. The maximum atomic E-state index is 6.31. The molecule has 0 saturated carbocycles. The molecular weight excluding hydrogens is 303 g/mol. The van der Waals surface area contributed by atoms with Gasteiger partial charge < -0.3 is 5.73 Å². The number of nitrogens with zero attached hydrogens (tertiary/aromatic N) is 1. The Hall–Kier alpha value is -1.06. The van der Waals surface area contributed by atoms with Crippen molar-refractivity contribution in [1.82, 2.24) is 4.90 Å². The summed E-state index contributed by atoms with van der Waals surface area (Å²) in [6.07, 6.45) is 0. The van der Waals surface area contributed by atoms with E-state index in [-0.39, 0.29) is 6.04 Å². The second kappa shape index (κ2) is 7.28. The highest BCUT2D eigenvalue weighted by Gasteiger charge is 2.19. The van der Waals surface area contributed by atoms with Gasteiger partial charge in [-0.1, -0.05) is 47.5 Å². The highest BCUT2D eigenvalue weighted by atomic mass is 35.5. The molecule has 2 N–H and O–H groups in total. The number of benzene rings is 2. The van der Waals surface area contributed by atoms with Gasteiger partial charge in [0.15, 0.2) is 0 Å². The van der Waals surface area contributed by atoms with Gasteiger partial charge in [-0.15, -0.1) is 0 Å². The quantitative estimate of drug-likeness (QED) is 0.882. The Morgan fingerprint density at radius 1 is 1.14 bits per heavy atom. The van der Waals surface area contributed by atoms with Crippen LogP contribution in [0.25, 0.3) is 0 Å². The second-order valence-corrected chi connectivity index (χ2v) is 6.10. The first-order valence-corrected chi connectivity index (χ1v) is 7.68. The lowest BCUT2D eigenvalue weighted by Crippen LogP contribution is -2.30. The van der Waals surface area contributed by atoms with Crippen molar-refractivity contribution in [3.8, 4) is 0 Å². The highest BCUT2D eigenvalue weighted by molar-refractivity contribution is 6.33. The molecule has 4 heteroatoms. The third-order valence-corrected chi connectivity index (χ3v) is 4.33. The summed E-state index contributed by atoms with van der Waals surface area (Å²) in [5.41, 5.74) is 9.51. The third kappa shape index (κ3) is 3.98. The normalized spacial score (nSPS) is 12.7. The number of aryl methyl sites for hydroxylation is 1. The highest BCUT2D eigenvalue weighted by Crippen LogP contribution is 2.30. The Labute approximate surface area is 136 Å². The lowest BCUT2D eigenvalue weighted by atomic mass is 10.0. The molecule has 0 amide bonds. The van der Waals surface area contributed by atoms with E-state index in [2.05, 4.69) is 37.1 Å². The van der Waals surface area contributed by atoms with Gasteiger partial charge in [0.25, 0.3) is 0 Å². The Morgan fingerprint density at radius 2 is 1.86 bits per heavy atom. The van der Waals surface area contributed by atoms with Gasteiger partial charge in [-0.25, -0.2) is 0 Å². The number of rotatable bonds is 5. The first-order chi connectivity index (χ1) is 10.0. The molecule has 0 radical (unpaired) electrons. The molecule has 0 heterocycles. The summed E-state index contributed by atoms with van der Waals surface area (Å²) < 4.78 is 0. The Kier molecular flexibility index (Phi) is 5.65. The third-order valence-electron chi connectivity index (χ3n) is 3.75. The van der Waals surface area contributed by atoms with Crippen molar-refractivity contribution in [2.24, 2.45) is 5.73 Å². The van der Waals surface area contributed by atoms with E-state index in [1.54, 1.807) is 6.07 Å². The molecule has 0 spiro atoms. The fourth-order valence-electron chi connectivity index (χ4n) is 2.48. The van der Waals surface area contributed by atoms with Crippen LogP contribution in [0.3, 0.4) is 0 Å². The van der Waals surface area contributed by atoms with Crippen LogP contribution in [0.1, 0.15) is 22.7 Å². The lowest BCUT2D eigenvalue weighted by molar-refractivity contribution is 0.241. The zero-order valence-corrected chi connectivity index (χ0v) is 13.8. The summed E-state index contributed by atoms with van der Waals surface area (Å²) in [6.45, 7) is 3.42. The molecule has 0 aromatic heterocycles. The van der Waals surface area contributed by atoms with E-state index >= 15 is 0 Å². The van der Waals surface area contributed by atoms with Crippen molar-refractivity contribution in [3.05, 3.63) is 69.2 Å². The zero-order chi connectivity index (χ0) is 15.4. The van der Waals surface area contributed by atoms with Gasteiger partial charge in [-0.3, -0.25) is 4.90 Å². The van der Waals surface area contributed by atoms with E-state index < -0.39 is 0 Å². The molecule has 2 rings (SSSR count). The summed E-state index contributed by atoms with van der Waals surface area (Å²) in [5.74, 6) is 0. The monoisotopic (exact) mass is 322 g/mol. The molecule has 1 atom stereocenters. The molecule has 0 aliphatic rings. The molecule has 0 fully saturated rings. The fourth-order valence-corrected chi connectivity index (χ4v) is 2.90. The SMILES string of the molecule is Cc1ccccc1CN(C)C(CN)c1cc(Cl)ccc1Cl. The Balaban J connectivity index is 2.25. The minimum Gasteiger partial charge on any atom is -0.329 e. The summed E-state index contributed by atoms with van der Waals surface area (Å²) >= 11 is 12.4. The molecule has 0 aliphatic heterocycles. The van der Waals surface area contributed by atoms with Gasteiger partial charge >= 0.3 is 0 Å². The van der Waals surface area contributed by atoms with Crippen LogP contribution in [0, 0.1) is 6.92 Å². The van der Waals surface area contributed by atoms with Crippen LogP contribution in [0.15, 0.2) is 42.5 Å². The van der Waals surface area contributed by atoms with Crippen molar-refractivity contribution in [3.63, 3.8) is 0 Å². The van der Waals surface area contributed by atoms with Gasteiger partial charge in [-0.2, -0.15) is 0 Å². The standard InChI is InChI=1S/C17H20Cl2N2/c1-12-5-3-4-6-13(12)11-21(2)17(10-20)15-9-14(18)7-8-16(15)19/h3-9,17H,10-11,20H2,1-2H3. The average molecular weight is 323 g/mol. The molecule has 0 aliphatic carbocycles. The molecule has 0 saturated heterocycles. The van der Waals surface area contributed by atoms with Crippen LogP contribution in [-0.2, 0) is 6.54 Å². The number of likely N-dealkylation sites (N-methyl/N-ethyl adjacent to an activating group) is 1. The largest absolute Gasteiger partial charge is 0.329 e. The number of hydrogen-bond donors (Lipinski definition) is 1. The molecule has 0 bridgehead atoms. The Bertz CT molecular complexity index is 613. The van der Waals surface area contributed by atoms with Crippen LogP contribution in [0.4, 0.5) is 0 Å². The molecule has 112 valence electrons. The predicted octanol–water partition coefficient (Wildman–Crippen LogP) is 4.43. The smallest absolute Gasteiger partial charge is 0.0486 e. The van der Waals surface area contributed by atoms with Crippen LogP contribution in [0.5, 0.6) is 0 Å². The molecule has 2 aromatic rings. The topological polar surface area (TPSA) is 29.3 Å². The van der Waals surface area contributed by atoms with Gasteiger partial charge in [0.2, 0.25) is 0 Å². The second-order valence-electron chi connectivity index (χ2n) is 5.26.